The Morgan fingerprint density at radius 2 is 0.706 bits per heavy atom. The minimum absolute atomic E-state index is 0.875. The summed E-state index contributed by atoms with van der Waals surface area (Å²) in [5.74, 6) is 0. The molecular formula is C48H31NO2. The van der Waals surface area contributed by atoms with Gasteiger partial charge in [-0.1, -0.05) is 115 Å². The number of fused-ring (bicyclic) bond motifs is 6. The largest absolute Gasteiger partial charge is 0.456 e. The van der Waals surface area contributed by atoms with Crippen LogP contribution in [0.25, 0.3) is 77.3 Å². The fraction of sp³-hybridized carbons (Fsp3) is 0. The highest BCUT2D eigenvalue weighted by Gasteiger charge is 2.18. The van der Waals surface area contributed by atoms with Crippen molar-refractivity contribution in [3.05, 3.63) is 188 Å². The summed E-state index contributed by atoms with van der Waals surface area (Å²) in [6.07, 6.45) is 0. The monoisotopic (exact) mass is 653 g/mol. The molecule has 0 aliphatic carbocycles. The number of benzene rings is 8. The topological polar surface area (TPSA) is 29.5 Å². The van der Waals surface area contributed by atoms with Gasteiger partial charge in [0, 0.05) is 38.6 Å². The molecule has 0 amide bonds. The Kier molecular flexibility index (Phi) is 6.81. The van der Waals surface area contributed by atoms with Crippen LogP contribution in [0.2, 0.25) is 0 Å². The van der Waals surface area contributed by atoms with Crippen LogP contribution in [-0.2, 0) is 0 Å². The smallest absolute Gasteiger partial charge is 0.135 e. The van der Waals surface area contributed by atoms with Gasteiger partial charge in [-0.2, -0.15) is 0 Å². The highest BCUT2D eigenvalue weighted by Crippen LogP contribution is 2.42. The van der Waals surface area contributed by atoms with Crippen LogP contribution >= 0.6 is 0 Å². The summed E-state index contributed by atoms with van der Waals surface area (Å²) in [5, 5.41) is 4.45. The van der Waals surface area contributed by atoms with Crippen LogP contribution in [0, 0.1) is 0 Å². The standard InChI is InChI=1S/C48H31NO2/c1-3-11-32(12-4-1)36-27-37(33-13-5-2-6-14-33)29-40(28-36)49(39-24-26-48-44(31-39)42-16-8-10-18-46(42)51-48)38-22-19-34(20-23-38)35-21-25-47-43(30-35)41-15-7-9-17-45(41)50-47/h1-31H. The normalized spacial score (nSPS) is 11.5. The van der Waals surface area contributed by atoms with Gasteiger partial charge < -0.3 is 13.7 Å². The van der Waals surface area contributed by atoms with E-state index < -0.39 is 0 Å². The molecular weight excluding hydrogens is 623 g/mol. The average Bonchev–Trinajstić information content (AvgIpc) is 3.77. The molecule has 240 valence electrons. The number of rotatable bonds is 6. The molecule has 8 aromatic carbocycles. The summed E-state index contributed by atoms with van der Waals surface area (Å²) in [4.78, 5) is 2.36. The van der Waals surface area contributed by atoms with E-state index in [9.17, 15) is 0 Å². The molecule has 10 aromatic rings. The van der Waals surface area contributed by atoms with E-state index in [1.807, 2.05) is 24.3 Å². The number of para-hydroxylation sites is 2. The van der Waals surface area contributed by atoms with Crippen LogP contribution in [0.1, 0.15) is 0 Å². The first kappa shape index (κ1) is 29.1. The summed E-state index contributed by atoms with van der Waals surface area (Å²) in [5.41, 5.74) is 13.7. The Bertz CT molecular complexity index is 2790. The summed E-state index contributed by atoms with van der Waals surface area (Å²) in [6.45, 7) is 0. The highest BCUT2D eigenvalue weighted by molar-refractivity contribution is 6.07. The Morgan fingerprint density at radius 1 is 0.255 bits per heavy atom. The number of anilines is 3. The predicted octanol–water partition coefficient (Wildman–Crippen LogP) is 14.0. The van der Waals surface area contributed by atoms with Crippen molar-refractivity contribution >= 4 is 60.9 Å². The lowest BCUT2D eigenvalue weighted by Crippen LogP contribution is -2.10. The molecule has 0 saturated carbocycles. The molecule has 0 bridgehead atoms. The zero-order chi connectivity index (χ0) is 33.7. The molecule has 10 rings (SSSR count). The summed E-state index contributed by atoms with van der Waals surface area (Å²) in [7, 11) is 0. The maximum atomic E-state index is 6.24. The van der Waals surface area contributed by atoms with Crippen LogP contribution in [0.3, 0.4) is 0 Å². The maximum absolute atomic E-state index is 6.24. The quantitative estimate of drug-likeness (QED) is 0.179. The first-order valence-electron chi connectivity index (χ1n) is 17.2. The molecule has 51 heavy (non-hydrogen) atoms. The second kappa shape index (κ2) is 11.9. The molecule has 2 aromatic heterocycles. The van der Waals surface area contributed by atoms with Crippen molar-refractivity contribution in [2.24, 2.45) is 0 Å². The van der Waals surface area contributed by atoms with Gasteiger partial charge in [0.05, 0.1) is 0 Å². The zero-order valence-electron chi connectivity index (χ0n) is 27.7. The number of hydrogen-bond acceptors (Lipinski definition) is 3. The predicted molar refractivity (Wildman–Crippen MR) is 212 cm³/mol. The van der Waals surface area contributed by atoms with Gasteiger partial charge in [-0.3, -0.25) is 0 Å². The van der Waals surface area contributed by atoms with E-state index >= 15 is 0 Å². The van der Waals surface area contributed by atoms with E-state index in [2.05, 4.69) is 169 Å². The molecule has 0 saturated heterocycles. The third kappa shape index (κ3) is 5.15. The molecule has 0 atom stereocenters. The van der Waals surface area contributed by atoms with E-state index in [1.165, 1.54) is 11.1 Å². The third-order valence-corrected chi connectivity index (χ3v) is 9.84. The lowest BCUT2D eigenvalue weighted by molar-refractivity contribution is 0.668. The molecule has 0 radical (unpaired) electrons. The van der Waals surface area contributed by atoms with Gasteiger partial charge in [0.2, 0.25) is 0 Å². The van der Waals surface area contributed by atoms with Crippen molar-refractivity contribution in [2.45, 2.75) is 0 Å². The molecule has 0 fully saturated rings. The van der Waals surface area contributed by atoms with Gasteiger partial charge in [-0.05, 0) is 106 Å². The summed E-state index contributed by atoms with van der Waals surface area (Å²) >= 11 is 0. The van der Waals surface area contributed by atoms with Crippen LogP contribution in [0.15, 0.2) is 197 Å². The molecule has 3 heteroatoms. The Morgan fingerprint density at radius 3 is 1.31 bits per heavy atom. The number of furan rings is 2. The van der Waals surface area contributed by atoms with Crippen LogP contribution in [-0.4, -0.2) is 0 Å². The van der Waals surface area contributed by atoms with Crippen LogP contribution in [0.5, 0.6) is 0 Å². The van der Waals surface area contributed by atoms with Crippen molar-refractivity contribution in [3.63, 3.8) is 0 Å². The first-order chi connectivity index (χ1) is 25.2. The van der Waals surface area contributed by atoms with Crippen molar-refractivity contribution < 1.29 is 8.83 Å². The minimum Gasteiger partial charge on any atom is -0.456 e. The molecule has 0 unspecified atom stereocenters. The average molecular weight is 654 g/mol. The van der Waals surface area contributed by atoms with Gasteiger partial charge in [0.15, 0.2) is 0 Å². The van der Waals surface area contributed by atoms with Crippen molar-refractivity contribution in [2.75, 3.05) is 4.90 Å². The first-order valence-corrected chi connectivity index (χ1v) is 17.2. The Labute approximate surface area is 295 Å². The summed E-state index contributed by atoms with van der Waals surface area (Å²) in [6, 6.07) is 66.5. The van der Waals surface area contributed by atoms with Crippen LogP contribution < -0.4 is 4.90 Å². The molecule has 3 nitrogen and oxygen atoms in total. The van der Waals surface area contributed by atoms with E-state index in [0.717, 1.165) is 83.2 Å². The Balaban J connectivity index is 1.15. The minimum atomic E-state index is 0.875. The van der Waals surface area contributed by atoms with Gasteiger partial charge in [-0.25, -0.2) is 0 Å². The number of hydrogen-bond donors (Lipinski definition) is 0. The van der Waals surface area contributed by atoms with Gasteiger partial charge >= 0.3 is 0 Å². The third-order valence-electron chi connectivity index (χ3n) is 9.84. The van der Waals surface area contributed by atoms with E-state index in [4.69, 9.17) is 8.83 Å². The molecule has 2 heterocycles. The second-order valence-corrected chi connectivity index (χ2v) is 13.0. The maximum Gasteiger partial charge on any atom is 0.135 e. The molecule has 0 aliphatic rings. The van der Waals surface area contributed by atoms with Gasteiger partial charge in [0.25, 0.3) is 0 Å². The van der Waals surface area contributed by atoms with Crippen molar-refractivity contribution in [3.8, 4) is 33.4 Å². The fourth-order valence-corrected chi connectivity index (χ4v) is 7.34. The highest BCUT2D eigenvalue weighted by atomic mass is 16.3. The van der Waals surface area contributed by atoms with Crippen molar-refractivity contribution in [1.29, 1.82) is 0 Å². The molecule has 0 N–H and O–H groups in total. The zero-order valence-corrected chi connectivity index (χ0v) is 27.7. The van der Waals surface area contributed by atoms with Crippen LogP contribution in [0.4, 0.5) is 17.1 Å². The Hall–Kier alpha value is -6.84. The van der Waals surface area contributed by atoms with Crippen molar-refractivity contribution in [1.82, 2.24) is 0 Å². The van der Waals surface area contributed by atoms with E-state index in [-0.39, 0.29) is 0 Å². The molecule has 0 spiro atoms. The number of nitrogens with zero attached hydrogens (tertiary/aromatic N) is 1. The van der Waals surface area contributed by atoms with E-state index in [0.29, 0.717) is 0 Å². The van der Waals surface area contributed by atoms with Gasteiger partial charge in [0.1, 0.15) is 22.3 Å². The summed E-state index contributed by atoms with van der Waals surface area (Å²) < 4.78 is 12.4. The van der Waals surface area contributed by atoms with E-state index in [1.54, 1.807) is 0 Å². The lowest BCUT2D eigenvalue weighted by atomic mass is 9.97. The van der Waals surface area contributed by atoms with Gasteiger partial charge in [-0.15, -0.1) is 0 Å². The SMILES string of the molecule is c1ccc(-c2cc(-c3ccccc3)cc(N(c3ccc(-c4ccc5oc6ccccc6c5c4)cc3)c3ccc4oc5ccccc5c4c3)c2)cc1. The molecule has 0 aliphatic heterocycles. The fourth-order valence-electron chi connectivity index (χ4n) is 7.34. The lowest BCUT2D eigenvalue weighted by Gasteiger charge is -2.27. The second-order valence-electron chi connectivity index (χ2n) is 13.0.